The maximum atomic E-state index is 11.4. The Kier molecular flexibility index (Phi) is 6.04. The quantitative estimate of drug-likeness (QED) is 0.813. The van der Waals surface area contributed by atoms with Crippen LogP contribution in [-0.2, 0) is 11.2 Å². The Hall–Kier alpha value is -1.17. The Morgan fingerprint density at radius 3 is 2.72 bits per heavy atom. The number of carbonyl (C=O) groups is 1. The lowest BCUT2D eigenvalue weighted by molar-refractivity contribution is -0.119. The molecule has 100 valence electrons. The van der Waals surface area contributed by atoms with Crippen LogP contribution in [0, 0.1) is 0 Å². The summed E-state index contributed by atoms with van der Waals surface area (Å²) in [4.78, 5) is 22.2. The van der Waals surface area contributed by atoms with Crippen LogP contribution in [0.2, 0.25) is 0 Å². The topological polar surface area (TPSA) is 58.1 Å². The molecule has 5 nitrogen and oxygen atoms in total. The minimum Gasteiger partial charge on any atom is -0.358 e. The van der Waals surface area contributed by atoms with Crippen molar-refractivity contribution in [3.8, 4) is 0 Å². The summed E-state index contributed by atoms with van der Waals surface area (Å²) < 4.78 is 0.756. The Balaban J connectivity index is 2.93. The first-order chi connectivity index (χ1) is 8.60. The van der Waals surface area contributed by atoms with Gasteiger partial charge >= 0.3 is 0 Å². The molecule has 6 heteroatoms. The number of anilines is 1. The molecule has 0 bridgehead atoms. The van der Waals surface area contributed by atoms with E-state index < -0.39 is 0 Å². The van der Waals surface area contributed by atoms with Crippen molar-refractivity contribution in [2.24, 2.45) is 0 Å². The fraction of sp³-hybridized carbons (Fsp3) is 0.583. The van der Waals surface area contributed by atoms with Crippen LogP contribution in [0.4, 0.5) is 5.82 Å². The van der Waals surface area contributed by atoms with Crippen molar-refractivity contribution in [2.45, 2.75) is 26.7 Å². The van der Waals surface area contributed by atoms with E-state index in [1.807, 2.05) is 17.9 Å². The van der Waals surface area contributed by atoms with E-state index in [2.05, 4.69) is 38.1 Å². The second-order valence-corrected chi connectivity index (χ2v) is 4.71. The van der Waals surface area contributed by atoms with Crippen LogP contribution < -0.4 is 10.2 Å². The van der Waals surface area contributed by atoms with Gasteiger partial charge in [-0.15, -0.1) is 0 Å². The van der Waals surface area contributed by atoms with E-state index >= 15 is 0 Å². The summed E-state index contributed by atoms with van der Waals surface area (Å²) in [6.07, 6.45) is 1.83. The predicted molar refractivity (Wildman–Crippen MR) is 75.7 cm³/mol. The van der Waals surface area contributed by atoms with Gasteiger partial charge in [0.05, 0.1) is 6.54 Å². The van der Waals surface area contributed by atoms with E-state index in [1.54, 1.807) is 7.05 Å². The van der Waals surface area contributed by atoms with Crippen molar-refractivity contribution in [2.75, 3.05) is 25.0 Å². The highest BCUT2D eigenvalue weighted by atomic mass is 79.9. The van der Waals surface area contributed by atoms with Gasteiger partial charge in [0, 0.05) is 26.1 Å². The fourth-order valence-electron chi connectivity index (χ4n) is 1.56. The molecule has 0 saturated heterocycles. The monoisotopic (exact) mass is 314 g/mol. The Morgan fingerprint density at radius 2 is 2.17 bits per heavy atom. The standard InChI is InChI=1S/C12H19BrN4O/c1-4-6-10-15-9(13)7-11(16-10)17(5-2)8-12(18)14-3/h7H,4-6,8H2,1-3H3,(H,14,18). The predicted octanol–water partition coefficient (Wildman–Crippen LogP) is 1.76. The first kappa shape index (κ1) is 14.9. The summed E-state index contributed by atoms with van der Waals surface area (Å²) in [5.74, 6) is 1.56. The molecule has 0 aliphatic rings. The van der Waals surface area contributed by atoms with Gasteiger partial charge in [0.25, 0.3) is 0 Å². The van der Waals surface area contributed by atoms with E-state index in [0.717, 1.165) is 35.6 Å². The molecule has 1 aromatic heterocycles. The average molecular weight is 315 g/mol. The summed E-state index contributed by atoms with van der Waals surface area (Å²) >= 11 is 3.39. The Morgan fingerprint density at radius 1 is 1.44 bits per heavy atom. The van der Waals surface area contributed by atoms with Gasteiger partial charge in [-0.3, -0.25) is 4.79 Å². The number of likely N-dealkylation sites (N-methyl/N-ethyl adjacent to an activating group) is 2. The molecule has 1 aromatic rings. The SMILES string of the molecule is CCCc1nc(Br)cc(N(CC)CC(=O)NC)n1. The molecule has 0 unspecified atom stereocenters. The molecular formula is C12H19BrN4O. The van der Waals surface area contributed by atoms with Crippen molar-refractivity contribution in [3.63, 3.8) is 0 Å². The number of hydrogen-bond acceptors (Lipinski definition) is 4. The zero-order valence-electron chi connectivity index (χ0n) is 11.0. The lowest BCUT2D eigenvalue weighted by atomic mass is 10.3. The van der Waals surface area contributed by atoms with Crippen molar-refractivity contribution in [3.05, 3.63) is 16.5 Å². The molecule has 0 aliphatic heterocycles. The lowest BCUT2D eigenvalue weighted by Crippen LogP contribution is -2.36. The summed E-state index contributed by atoms with van der Waals surface area (Å²) in [7, 11) is 1.63. The van der Waals surface area contributed by atoms with E-state index in [9.17, 15) is 4.79 Å². The number of hydrogen-bond donors (Lipinski definition) is 1. The van der Waals surface area contributed by atoms with Gasteiger partial charge in [0.1, 0.15) is 16.2 Å². The summed E-state index contributed by atoms with van der Waals surface area (Å²) in [5.41, 5.74) is 0. The third-order valence-corrected chi connectivity index (χ3v) is 2.93. The molecule has 18 heavy (non-hydrogen) atoms. The lowest BCUT2D eigenvalue weighted by Gasteiger charge is -2.21. The molecule has 0 atom stereocenters. The second-order valence-electron chi connectivity index (χ2n) is 3.90. The third kappa shape index (κ3) is 4.25. The minimum atomic E-state index is -0.0244. The second kappa shape index (κ2) is 7.31. The summed E-state index contributed by atoms with van der Waals surface area (Å²) in [5, 5.41) is 2.62. The van der Waals surface area contributed by atoms with Crippen molar-refractivity contribution in [1.82, 2.24) is 15.3 Å². The number of aryl methyl sites for hydroxylation is 1. The minimum absolute atomic E-state index is 0.0244. The number of amides is 1. The van der Waals surface area contributed by atoms with Gasteiger partial charge < -0.3 is 10.2 Å². The van der Waals surface area contributed by atoms with Crippen molar-refractivity contribution < 1.29 is 4.79 Å². The molecule has 0 aromatic carbocycles. The van der Waals surface area contributed by atoms with Gasteiger partial charge in [0.2, 0.25) is 5.91 Å². The van der Waals surface area contributed by atoms with Gasteiger partial charge in [-0.1, -0.05) is 6.92 Å². The third-order valence-electron chi connectivity index (χ3n) is 2.52. The number of nitrogens with zero attached hydrogens (tertiary/aromatic N) is 3. The maximum absolute atomic E-state index is 11.4. The van der Waals surface area contributed by atoms with Gasteiger partial charge in [0.15, 0.2) is 0 Å². The molecule has 0 spiro atoms. The molecule has 1 N–H and O–H groups in total. The highest BCUT2D eigenvalue weighted by Crippen LogP contribution is 2.17. The first-order valence-electron chi connectivity index (χ1n) is 6.09. The number of nitrogens with one attached hydrogen (secondary N) is 1. The molecule has 0 fully saturated rings. The number of aromatic nitrogens is 2. The molecule has 0 saturated carbocycles. The summed E-state index contributed by atoms with van der Waals surface area (Å²) in [6.45, 7) is 5.12. The van der Waals surface area contributed by atoms with Crippen LogP contribution in [0.25, 0.3) is 0 Å². The zero-order valence-corrected chi connectivity index (χ0v) is 12.6. The average Bonchev–Trinajstić information content (AvgIpc) is 2.35. The van der Waals surface area contributed by atoms with Crippen LogP contribution in [0.1, 0.15) is 26.1 Å². The van der Waals surface area contributed by atoms with Crippen LogP contribution >= 0.6 is 15.9 Å². The molecule has 0 radical (unpaired) electrons. The molecule has 1 amide bonds. The maximum Gasteiger partial charge on any atom is 0.239 e. The van der Waals surface area contributed by atoms with E-state index in [-0.39, 0.29) is 5.91 Å². The largest absolute Gasteiger partial charge is 0.358 e. The van der Waals surface area contributed by atoms with Crippen LogP contribution in [0.15, 0.2) is 10.7 Å². The fourth-order valence-corrected chi connectivity index (χ4v) is 1.97. The molecule has 1 rings (SSSR count). The van der Waals surface area contributed by atoms with E-state index in [4.69, 9.17) is 0 Å². The molecule has 1 heterocycles. The highest BCUT2D eigenvalue weighted by molar-refractivity contribution is 9.10. The van der Waals surface area contributed by atoms with Crippen molar-refractivity contribution in [1.29, 1.82) is 0 Å². The Labute approximate surface area is 116 Å². The molecule has 0 aliphatic carbocycles. The van der Waals surface area contributed by atoms with Crippen LogP contribution in [0.5, 0.6) is 0 Å². The van der Waals surface area contributed by atoms with Gasteiger partial charge in [-0.2, -0.15) is 0 Å². The van der Waals surface area contributed by atoms with E-state index in [1.165, 1.54) is 0 Å². The van der Waals surface area contributed by atoms with E-state index in [0.29, 0.717) is 6.54 Å². The number of halogens is 1. The van der Waals surface area contributed by atoms with Gasteiger partial charge in [-0.05, 0) is 29.3 Å². The van der Waals surface area contributed by atoms with Crippen molar-refractivity contribution >= 4 is 27.7 Å². The highest BCUT2D eigenvalue weighted by Gasteiger charge is 2.12. The first-order valence-corrected chi connectivity index (χ1v) is 6.89. The van der Waals surface area contributed by atoms with Crippen LogP contribution in [0.3, 0.4) is 0 Å². The number of rotatable bonds is 6. The van der Waals surface area contributed by atoms with Crippen LogP contribution in [-0.4, -0.2) is 36.0 Å². The number of carbonyl (C=O) groups excluding carboxylic acids is 1. The normalized spacial score (nSPS) is 10.2. The molecular weight excluding hydrogens is 296 g/mol. The van der Waals surface area contributed by atoms with Gasteiger partial charge in [-0.25, -0.2) is 9.97 Å². The zero-order chi connectivity index (χ0) is 13.5. The smallest absolute Gasteiger partial charge is 0.239 e. The summed E-state index contributed by atoms with van der Waals surface area (Å²) in [6, 6.07) is 1.84. The Bertz CT molecular complexity index is 411.